The van der Waals surface area contributed by atoms with E-state index in [1.807, 2.05) is 35.9 Å². The Morgan fingerprint density at radius 3 is 2.38 bits per heavy atom. The van der Waals surface area contributed by atoms with Crippen molar-refractivity contribution < 1.29 is 23.6 Å². The number of aromatic nitrogens is 3. The molecule has 0 saturated carbocycles. The lowest BCUT2D eigenvalue weighted by Gasteiger charge is -2.27. The normalized spacial score (nSPS) is 20.7. The fraction of sp³-hybridized carbons (Fsp3) is 0.481. The predicted molar refractivity (Wildman–Crippen MR) is 150 cm³/mol. The minimum atomic E-state index is -1.25. The average Bonchev–Trinajstić information content (AvgIpc) is 3.43. The Kier molecular flexibility index (Phi) is 8.11. The third-order valence-electron chi connectivity index (χ3n) is 7.30. The van der Waals surface area contributed by atoms with Crippen molar-refractivity contribution in [3.8, 4) is 11.4 Å². The molecule has 0 amide bonds. The number of hydrogen-bond acceptors (Lipinski definition) is 9. The van der Waals surface area contributed by atoms with Gasteiger partial charge in [-0.25, -0.2) is 9.97 Å². The van der Waals surface area contributed by atoms with Crippen molar-refractivity contribution in [2.75, 3.05) is 38.3 Å². The van der Waals surface area contributed by atoms with E-state index >= 15 is 0 Å². The Balaban J connectivity index is 1.53. The summed E-state index contributed by atoms with van der Waals surface area (Å²) in [6.07, 6.45) is 4.15. The van der Waals surface area contributed by atoms with Gasteiger partial charge in [0.1, 0.15) is 17.2 Å². The van der Waals surface area contributed by atoms with Crippen LogP contribution in [-0.4, -0.2) is 83.9 Å². The molecule has 2 aromatic heterocycles. The van der Waals surface area contributed by atoms with Crippen molar-refractivity contribution in [1.29, 1.82) is 0 Å². The second-order valence-corrected chi connectivity index (χ2v) is 10.6. The van der Waals surface area contributed by atoms with E-state index in [4.69, 9.17) is 35.6 Å². The number of benzene rings is 1. The molecule has 0 bridgehead atoms. The van der Waals surface area contributed by atoms with Crippen molar-refractivity contribution in [2.24, 2.45) is 0 Å². The largest absolute Gasteiger partial charge is 0.638 e. The number of nitrogens with zero attached hydrogens (tertiary/aromatic N) is 5. The smallest absolute Gasteiger partial charge is 0.494 e. The van der Waals surface area contributed by atoms with Crippen LogP contribution in [0.3, 0.4) is 0 Å². The van der Waals surface area contributed by atoms with E-state index in [0.29, 0.717) is 48.6 Å². The summed E-state index contributed by atoms with van der Waals surface area (Å²) in [6.45, 7) is 8.00. The van der Waals surface area contributed by atoms with Gasteiger partial charge in [0.05, 0.1) is 30.2 Å². The van der Waals surface area contributed by atoms with Crippen molar-refractivity contribution in [1.82, 2.24) is 19.4 Å². The molecule has 2 saturated heterocycles. The summed E-state index contributed by atoms with van der Waals surface area (Å²) in [6, 6.07) is 8.52. The van der Waals surface area contributed by atoms with Gasteiger partial charge in [0.15, 0.2) is 0 Å². The third-order valence-corrected chi connectivity index (χ3v) is 7.70. The Labute approximate surface area is 233 Å². The number of carbonyl (C=O) groups is 2. The van der Waals surface area contributed by atoms with Crippen molar-refractivity contribution in [2.45, 2.75) is 52.2 Å². The van der Waals surface area contributed by atoms with Gasteiger partial charge in [-0.2, -0.15) is 0 Å². The number of ether oxygens (including phenoxy) is 1. The van der Waals surface area contributed by atoms with Gasteiger partial charge < -0.3 is 23.5 Å². The fourth-order valence-corrected chi connectivity index (χ4v) is 5.67. The number of rotatable bonds is 7. The molecule has 0 N–H and O–H groups in total. The Morgan fingerprint density at radius 2 is 1.77 bits per heavy atom. The number of carbonyl (C=O) groups excluding carboxylic acids is 2. The first-order valence-corrected chi connectivity index (χ1v) is 13.7. The highest BCUT2D eigenvalue weighted by Crippen LogP contribution is 2.32. The molecule has 2 fully saturated rings. The molecule has 5 rings (SSSR count). The first-order chi connectivity index (χ1) is 18.8. The van der Waals surface area contributed by atoms with E-state index in [1.54, 1.807) is 13.1 Å². The molecular weight excluding hydrogens is 521 g/mol. The van der Waals surface area contributed by atoms with Crippen molar-refractivity contribution >= 4 is 53.0 Å². The molecular formula is C27H33BClN5O5. The van der Waals surface area contributed by atoms with Gasteiger partial charge in [-0.3, -0.25) is 14.5 Å². The van der Waals surface area contributed by atoms with Gasteiger partial charge in [-0.15, -0.1) is 0 Å². The summed E-state index contributed by atoms with van der Waals surface area (Å²) < 4.78 is 18.6. The second kappa shape index (κ2) is 11.5. The summed E-state index contributed by atoms with van der Waals surface area (Å²) >= 11 is 6.85. The number of pyridine rings is 1. The molecule has 39 heavy (non-hydrogen) atoms. The maximum absolute atomic E-state index is 12.3. The number of hydrogen-bond donors (Lipinski definition) is 0. The molecule has 0 radical (unpaired) electrons. The van der Waals surface area contributed by atoms with Crippen LogP contribution in [-0.2, 0) is 30.2 Å². The Bertz CT molecular complexity index is 1340. The van der Waals surface area contributed by atoms with E-state index in [0.717, 1.165) is 29.7 Å². The van der Waals surface area contributed by atoms with Crippen LogP contribution >= 0.6 is 11.6 Å². The molecule has 206 valence electrons. The fourth-order valence-electron chi connectivity index (χ4n) is 5.38. The molecule has 4 heterocycles. The maximum atomic E-state index is 12.3. The highest BCUT2D eigenvalue weighted by Gasteiger charge is 2.36. The quantitative estimate of drug-likeness (QED) is 0.323. The van der Waals surface area contributed by atoms with Crippen LogP contribution in [0.2, 0.25) is 5.02 Å². The maximum Gasteiger partial charge on any atom is 0.638 e. The second-order valence-electron chi connectivity index (χ2n) is 10.2. The van der Waals surface area contributed by atoms with Crippen LogP contribution in [0.4, 0.5) is 5.82 Å². The first kappa shape index (κ1) is 27.4. The summed E-state index contributed by atoms with van der Waals surface area (Å²) in [7, 11) is 0.393. The highest BCUT2D eigenvalue weighted by atomic mass is 35.5. The van der Waals surface area contributed by atoms with E-state index in [9.17, 15) is 9.59 Å². The molecule has 0 unspecified atom stereocenters. The van der Waals surface area contributed by atoms with Crippen molar-refractivity contribution in [3.63, 3.8) is 0 Å². The van der Waals surface area contributed by atoms with Crippen LogP contribution in [0.15, 0.2) is 30.5 Å². The number of likely N-dealkylation sites (N-methyl/N-ethyl adjacent to an activating group) is 1. The van der Waals surface area contributed by atoms with Gasteiger partial charge in [-0.1, -0.05) is 17.7 Å². The van der Waals surface area contributed by atoms with E-state index < -0.39 is 19.1 Å². The minimum Gasteiger partial charge on any atom is -0.494 e. The SMILES string of the molecule is CCOCCn1c(-c2ccc(N3[C@@H](C)CC[C@@H]3C)nc2)nc2c(Cl)c(B3OC(=O)CN(C)CC(=O)O3)ccc21. The number of anilines is 1. The molecule has 0 spiro atoms. The molecule has 2 aliphatic rings. The summed E-state index contributed by atoms with van der Waals surface area (Å²) in [5.41, 5.74) is 2.50. The molecule has 3 aromatic rings. The van der Waals surface area contributed by atoms with Gasteiger partial charge >= 0.3 is 19.1 Å². The minimum absolute atomic E-state index is 0.0281. The average molecular weight is 554 g/mol. The molecule has 0 aliphatic carbocycles. The molecule has 1 aromatic carbocycles. The monoisotopic (exact) mass is 553 g/mol. The van der Waals surface area contributed by atoms with Gasteiger partial charge in [0.2, 0.25) is 0 Å². The summed E-state index contributed by atoms with van der Waals surface area (Å²) in [5.74, 6) is 0.620. The zero-order valence-electron chi connectivity index (χ0n) is 22.7. The Hall–Kier alpha value is -3.15. The molecule has 10 nitrogen and oxygen atoms in total. The zero-order valence-corrected chi connectivity index (χ0v) is 23.5. The standard InChI is InChI=1S/C27H33BClN5O5/c1-5-37-13-12-33-21-10-9-20(28-38-23(35)15-32(4)16-24(36)39-28)25(29)26(21)31-27(33)19-8-11-22(30-14-19)34-17(2)6-7-18(34)3/h8-11,14,17-18H,5-7,12-13,15-16H2,1-4H3/t17-,18-/m0/s1. The van der Waals surface area contributed by atoms with Crippen molar-refractivity contribution in [3.05, 3.63) is 35.5 Å². The van der Waals surface area contributed by atoms with Gasteiger partial charge in [0, 0.05) is 42.5 Å². The van der Waals surface area contributed by atoms with E-state index in [-0.39, 0.29) is 18.1 Å². The lowest BCUT2D eigenvalue weighted by molar-refractivity contribution is -0.145. The zero-order chi connectivity index (χ0) is 27.7. The Morgan fingerprint density at radius 1 is 1.08 bits per heavy atom. The van der Waals surface area contributed by atoms with E-state index in [2.05, 4.69) is 18.7 Å². The number of imidazole rings is 1. The highest BCUT2D eigenvalue weighted by molar-refractivity contribution is 6.68. The topological polar surface area (TPSA) is 99.0 Å². The molecule has 2 atom stereocenters. The lowest BCUT2D eigenvalue weighted by atomic mass is 9.78. The van der Waals surface area contributed by atoms with E-state index in [1.165, 1.54) is 4.90 Å². The lowest BCUT2D eigenvalue weighted by Crippen LogP contribution is -2.48. The summed E-state index contributed by atoms with van der Waals surface area (Å²) in [5, 5.41) is 0.257. The van der Waals surface area contributed by atoms with Crippen LogP contribution in [0.1, 0.15) is 33.6 Å². The molecule has 12 heteroatoms. The number of fused-ring (bicyclic) bond motifs is 1. The predicted octanol–water partition coefficient (Wildman–Crippen LogP) is 2.89. The molecule has 2 aliphatic heterocycles. The van der Waals surface area contributed by atoms with Gasteiger partial charge in [-0.05, 0) is 58.9 Å². The van der Waals surface area contributed by atoms with Crippen LogP contribution in [0.25, 0.3) is 22.4 Å². The van der Waals surface area contributed by atoms with Crippen LogP contribution < -0.4 is 10.4 Å². The van der Waals surface area contributed by atoms with Gasteiger partial charge in [0.25, 0.3) is 0 Å². The first-order valence-electron chi connectivity index (χ1n) is 13.4. The summed E-state index contributed by atoms with van der Waals surface area (Å²) in [4.78, 5) is 38.2. The third kappa shape index (κ3) is 5.62. The number of halogens is 1. The van der Waals surface area contributed by atoms with Crippen LogP contribution in [0, 0.1) is 0 Å². The van der Waals surface area contributed by atoms with Crippen LogP contribution in [0.5, 0.6) is 0 Å².